The summed E-state index contributed by atoms with van der Waals surface area (Å²) in [5, 5.41) is 3.16. The lowest BCUT2D eigenvalue weighted by molar-refractivity contribution is -0.170. The van der Waals surface area contributed by atoms with Crippen molar-refractivity contribution in [1.29, 1.82) is 0 Å². The van der Waals surface area contributed by atoms with Crippen molar-refractivity contribution in [1.82, 2.24) is 0 Å². The maximum Gasteiger partial charge on any atom is 0.325 e. The lowest BCUT2D eigenvalue weighted by Crippen LogP contribution is -2.55. The number of epoxide rings is 2. The number of nitrogens with zero attached hydrogens (tertiary/aromatic N) is 1. The topological polar surface area (TPSA) is 75.9 Å². The van der Waals surface area contributed by atoms with Gasteiger partial charge in [0.1, 0.15) is 30.0 Å². The minimum Gasteiger partial charge on any atom is -0.458 e. The Kier molecular flexibility index (Phi) is 6.76. The highest BCUT2D eigenvalue weighted by atomic mass is 16.6. The number of hydrogen-bond acceptors (Lipinski definition) is 7. The number of benzene rings is 1. The fourth-order valence-electron chi connectivity index (χ4n) is 5.33. The van der Waals surface area contributed by atoms with Gasteiger partial charge in [0.2, 0.25) is 0 Å². The van der Waals surface area contributed by atoms with E-state index in [0.29, 0.717) is 0 Å². The standard InChI is InChI=1S/C26H38N2O5/c1-17(2)7-12-21-25(3,33-21)24-23(30-6)20(13-14-26(24)16-31-26)32-22(29)15-27-18-8-10-19(11-9-18)28(4)5/h7-11,20-21,23-24,27H,12-16H2,1-6H3/t20-,21-,23-,24-,25-,26+/m1/s1. The van der Waals surface area contributed by atoms with Crippen molar-refractivity contribution in [2.24, 2.45) is 5.92 Å². The molecule has 0 bridgehead atoms. The Morgan fingerprint density at radius 1 is 1.27 bits per heavy atom. The summed E-state index contributed by atoms with van der Waals surface area (Å²) in [6, 6.07) is 7.95. The summed E-state index contributed by atoms with van der Waals surface area (Å²) in [6.07, 6.45) is 4.24. The van der Waals surface area contributed by atoms with E-state index in [-0.39, 0.29) is 47.9 Å². The van der Waals surface area contributed by atoms with Crippen LogP contribution in [-0.4, -0.2) is 69.8 Å². The largest absolute Gasteiger partial charge is 0.458 e. The van der Waals surface area contributed by atoms with Gasteiger partial charge in [-0.05, 0) is 64.3 Å². The van der Waals surface area contributed by atoms with Crippen molar-refractivity contribution in [2.45, 2.75) is 69.5 Å². The monoisotopic (exact) mass is 458 g/mol. The second-order valence-electron chi connectivity index (χ2n) is 10.2. The third-order valence-electron chi connectivity index (χ3n) is 7.34. The zero-order valence-corrected chi connectivity index (χ0v) is 20.7. The molecule has 1 saturated carbocycles. The Balaban J connectivity index is 1.38. The Hall–Kier alpha value is -2.09. The van der Waals surface area contributed by atoms with Crippen molar-refractivity contribution in [2.75, 3.05) is 44.6 Å². The molecule has 3 aliphatic rings. The van der Waals surface area contributed by atoms with E-state index in [0.717, 1.165) is 37.2 Å². The van der Waals surface area contributed by atoms with E-state index in [1.54, 1.807) is 7.11 Å². The SMILES string of the molecule is CO[C@@H]1[C@H](OC(=O)CNc2ccc(N(C)C)cc2)CC[C@]2(CO2)[C@H]1[C@]1(C)O[C@@H]1CC=C(C)C. The summed E-state index contributed by atoms with van der Waals surface area (Å²) < 4.78 is 24.1. The summed E-state index contributed by atoms with van der Waals surface area (Å²) in [6.45, 7) is 7.18. The Bertz CT molecular complexity index is 875. The highest BCUT2D eigenvalue weighted by molar-refractivity contribution is 5.75. The predicted molar refractivity (Wildman–Crippen MR) is 129 cm³/mol. The predicted octanol–water partition coefficient (Wildman–Crippen LogP) is 3.78. The minimum atomic E-state index is -0.333. The molecular formula is C26H38N2O5. The van der Waals surface area contributed by atoms with Gasteiger partial charge < -0.3 is 29.2 Å². The van der Waals surface area contributed by atoms with Crippen LogP contribution in [0, 0.1) is 5.92 Å². The molecule has 0 radical (unpaired) electrons. The van der Waals surface area contributed by atoms with Crippen LogP contribution in [0.4, 0.5) is 11.4 Å². The number of nitrogens with one attached hydrogen (secondary N) is 1. The van der Waals surface area contributed by atoms with Gasteiger partial charge in [-0.1, -0.05) is 11.6 Å². The highest BCUT2D eigenvalue weighted by Crippen LogP contribution is 2.59. The molecule has 182 valence electrons. The first kappa shape index (κ1) is 24.0. The summed E-state index contributed by atoms with van der Waals surface area (Å²) in [7, 11) is 5.69. The van der Waals surface area contributed by atoms with E-state index in [9.17, 15) is 4.79 Å². The average molecular weight is 459 g/mol. The quantitative estimate of drug-likeness (QED) is 0.343. The van der Waals surface area contributed by atoms with Crippen molar-refractivity contribution < 1.29 is 23.7 Å². The van der Waals surface area contributed by atoms with Gasteiger partial charge in [0.15, 0.2) is 0 Å². The minimum absolute atomic E-state index is 0.0312. The molecule has 0 unspecified atom stereocenters. The second-order valence-corrected chi connectivity index (χ2v) is 10.2. The van der Waals surface area contributed by atoms with Crippen molar-refractivity contribution >= 4 is 17.3 Å². The van der Waals surface area contributed by atoms with Crippen LogP contribution < -0.4 is 10.2 Å². The van der Waals surface area contributed by atoms with E-state index in [2.05, 4.69) is 32.2 Å². The number of methoxy groups -OCH3 is 1. The van der Waals surface area contributed by atoms with Crippen molar-refractivity contribution in [3.63, 3.8) is 0 Å². The lowest BCUT2D eigenvalue weighted by atomic mass is 9.68. The average Bonchev–Trinajstić information content (AvgIpc) is 3.69. The number of allylic oxidation sites excluding steroid dienone is 1. The van der Waals surface area contributed by atoms with Gasteiger partial charge in [-0.15, -0.1) is 0 Å². The number of anilines is 2. The number of carbonyl (C=O) groups excluding carboxylic acids is 1. The summed E-state index contributed by atoms with van der Waals surface area (Å²) in [4.78, 5) is 14.7. The normalized spacial score (nSPS) is 34.5. The number of ether oxygens (including phenoxy) is 4. The van der Waals surface area contributed by atoms with Crippen LogP contribution in [0.3, 0.4) is 0 Å². The molecule has 0 aromatic heterocycles. The molecule has 3 fully saturated rings. The first-order chi connectivity index (χ1) is 15.7. The fraction of sp³-hybridized carbons (Fsp3) is 0.654. The lowest BCUT2D eigenvalue weighted by Gasteiger charge is -2.42. The Labute approximate surface area is 197 Å². The van der Waals surface area contributed by atoms with Gasteiger partial charge in [0, 0.05) is 32.6 Å². The summed E-state index contributed by atoms with van der Waals surface area (Å²) in [5.74, 6) is -0.253. The molecule has 7 heteroatoms. The van der Waals surface area contributed by atoms with Gasteiger partial charge in [0.25, 0.3) is 0 Å². The third kappa shape index (κ3) is 5.05. The molecule has 1 aromatic carbocycles. The van der Waals surface area contributed by atoms with Crippen molar-refractivity contribution in [3.8, 4) is 0 Å². The summed E-state index contributed by atoms with van der Waals surface area (Å²) >= 11 is 0. The maximum absolute atomic E-state index is 12.7. The molecular weight excluding hydrogens is 420 g/mol. The van der Waals surface area contributed by atoms with Crippen LogP contribution in [-0.2, 0) is 23.7 Å². The van der Waals surface area contributed by atoms with Crippen molar-refractivity contribution in [3.05, 3.63) is 35.9 Å². The Morgan fingerprint density at radius 2 is 1.97 bits per heavy atom. The van der Waals surface area contributed by atoms with Gasteiger partial charge in [-0.3, -0.25) is 4.79 Å². The zero-order chi connectivity index (χ0) is 23.8. The molecule has 2 aliphatic heterocycles. The van der Waals surface area contributed by atoms with E-state index in [1.165, 1.54) is 5.57 Å². The van der Waals surface area contributed by atoms with E-state index in [1.807, 2.05) is 43.3 Å². The van der Waals surface area contributed by atoms with Crippen LogP contribution in [0.1, 0.15) is 40.0 Å². The van der Waals surface area contributed by atoms with Gasteiger partial charge in [-0.25, -0.2) is 0 Å². The molecule has 33 heavy (non-hydrogen) atoms. The van der Waals surface area contributed by atoms with E-state index < -0.39 is 0 Å². The van der Waals surface area contributed by atoms with Gasteiger partial charge >= 0.3 is 5.97 Å². The second kappa shape index (κ2) is 9.28. The zero-order valence-electron chi connectivity index (χ0n) is 20.7. The molecule has 7 nitrogen and oxygen atoms in total. The molecule has 1 aliphatic carbocycles. The van der Waals surface area contributed by atoms with E-state index >= 15 is 0 Å². The van der Waals surface area contributed by atoms with Crippen LogP contribution in [0.2, 0.25) is 0 Å². The molecule has 1 spiro atoms. The van der Waals surface area contributed by atoms with Crippen LogP contribution in [0.15, 0.2) is 35.9 Å². The number of rotatable bonds is 9. The fourth-order valence-corrected chi connectivity index (χ4v) is 5.33. The molecule has 2 saturated heterocycles. The number of carbonyl (C=O) groups is 1. The van der Waals surface area contributed by atoms with Crippen LogP contribution >= 0.6 is 0 Å². The third-order valence-corrected chi connectivity index (χ3v) is 7.34. The Morgan fingerprint density at radius 3 is 2.55 bits per heavy atom. The first-order valence-corrected chi connectivity index (χ1v) is 11.9. The molecule has 0 amide bonds. The number of esters is 1. The number of hydrogen-bond donors (Lipinski definition) is 1. The molecule has 2 heterocycles. The smallest absolute Gasteiger partial charge is 0.325 e. The van der Waals surface area contributed by atoms with Crippen LogP contribution in [0.25, 0.3) is 0 Å². The molecule has 1 aromatic rings. The van der Waals surface area contributed by atoms with Gasteiger partial charge in [-0.2, -0.15) is 0 Å². The molecule has 4 rings (SSSR count). The highest BCUT2D eigenvalue weighted by Gasteiger charge is 2.72. The first-order valence-electron chi connectivity index (χ1n) is 11.9. The van der Waals surface area contributed by atoms with Gasteiger partial charge in [0.05, 0.1) is 18.6 Å². The van der Waals surface area contributed by atoms with E-state index in [4.69, 9.17) is 18.9 Å². The van der Waals surface area contributed by atoms with Crippen LogP contribution in [0.5, 0.6) is 0 Å². The molecule has 6 atom stereocenters. The summed E-state index contributed by atoms with van der Waals surface area (Å²) in [5.41, 5.74) is 2.72. The maximum atomic E-state index is 12.7. The molecule has 1 N–H and O–H groups in total.